The summed E-state index contributed by atoms with van der Waals surface area (Å²) in [5, 5.41) is -0.0449. The summed E-state index contributed by atoms with van der Waals surface area (Å²) in [5.74, 6) is 0. The molecular formula is C22H30ClFN2OS. The SMILES string of the molecule is CCOC[C@@]1(CCc2cc(Cl)c(F)s2)CCN(C(C)(C)c2ccc(C)nc2)C1. The van der Waals surface area contributed by atoms with Crippen LogP contribution >= 0.6 is 22.9 Å². The van der Waals surface area contributed by atoms with Gasteiger partial charge in [-0.15, -0.1) is 11.3 Å². The van der Waals surface area contributed by atoms with Crippen molar-refractivity contribution in [2.24, 2.45) is 5.41 Å². The fourth-order valence-electron chi connectivity index (χ4n) is 4.04. The van der Waals surface area contributed by atoms with E-state index in [0.29, 0.717) is 6.61 Å². The Labute approximate surface area is 176 Å². The van der Waals surface area contributed by atoms with Crippen LogP contribution in [-0.2, 0) is 16.7 Å². The van der Waals surface area contributed by atoms with Crippen LogP contribution in [0.5, 0.6) is 0 Å². The summed E-state index contributed by atoms with van der Waals surface area (Å²) in [4.78, 5) is 8.05. The third-order valence-corrected chi connectivity index (χ3v) is 7.43. The van der Waals surface area contributed by atoms with Gasteiger partial charge in [0, 0.05) is 40.9 Å². The first-order valence-electron chi connectivity index (χ1n) is 9.95. The maximum Gasteiger partial charge on any atom is 0.195 e. The minimum atomic E-state index is -0.281. The first-order valence-corrected chi connectivity index (χ1v) is 11.1. The molecule has 0 saturated carbocycles. The molecule has 0 bridgehead atoms. The maximum absolute atomic E-state index is 13.6. The molecule has 0 unspecified atom stereocenters. The summed E-state index contributed by atoms with van der Waals surface area (Å²) in [6.45, 7) is 12.0. The molecule has 0 aliphatic carbocycles. The van der Waals surface area contributed by atoms with Gasteiger partial charge in [0.25, 0.3) is 0 Å². The lowest BCUT2D eigenvalue weighted by molar-refractivity contribution is 0.0386. The van der Waals surface area contributed by atoms with Gasteiger partial charge in [-0.05, 0) is 71.2 Å². The Hall–Kier alpha value is -1.01. The molecule has 1 saturated heterocycles. The van der Waals surface area contributed by atoms with Crippen molar-refractivity contribution in [2.75, 3.05) is 26.3 Å². The van der Waals surface area contributed by atoms with Crippen LogP contribution in [-0.4, -0.2) is 36.2 Å². The number of ether oxygens (including phenoxy) is 1. The van der Waals surface area contributed by atoms with Gasteiger partial charge in [-0.2, -0.15) is 4.39 Å². The fraction of sp³-hybridized carbons (Fsp3) is 0.591. The average Bonchev–Trinajstić information content (AvgIpc) is 3.23. The van der Waals surface area contributed by atoms with Crippen LogP contribution in [0.15, 0.2) is 24.4 Å². The van der Waals surface area contributed by atoms with Crippen molar-refractivity contribution in [2.45, 2.75) is 52.5 Å². The monoisotopic (exact) mass is 424 g/mol. The third kappa shape index (κ3) is 4.76. The molecule has 1 aliphatic heterocycles. The summed E-state index contributed by atoms with van der Waals surface area (Å²) < 4.78 is 19.5. The third-order valence-electron chi connectivity index (χ3n) is 6.06. The molecule has 3 heterocycles. The Morgan fingerprint density at radius 3 is 2.79 bits per heavy atom. The average molecular weight is 425 g/mol. The molecular weight excluding hydrogens is 395 g/mol. The van der Waals surface area contributed by atoms with E-state index in [4.69, 9.17) is 16.3 Å². The van der Waals surface area contributed by atoms with Crippen LogP contribution in [0, 0.1) is 17.5 Å². The lowest BCUT2D eigenvalue weighted by Crippen LogP contribution is -2.42. The Morgan fingerprint density at radius 2 is 2.18 bits per heavy atom. The van der Waals surface area contributed by atoms with E-state index >= 15 is 0 Å². The molecule has 154 valence electrons. The zero-order chi connectivity index (χ0) is 20.4. The fourth-order valence-corrected chi connectivity index (χ4v) is 5.12. The highest BCUT2D eigenvalue weighted by atomic mass is 35.5. The first kappa shape index (κ1) is 21.7. The highest BCUT2D eigenvalue weighted by Crippen LogP contribution is 2.42. The van der Waals surface area contributed by atoms with Gasteiger partial charge in [-0.1, -0.05) is 17.7 Å². The van der Waals surface area contributed by atoms with Crippen molar-refractivity contribution in [3.63, 3.8) is 0 Å². The molecule has 2 aromatic rings. The van der Waals surface area contributed by atoms with Crippen molar-refractivity contribution in [3.8, 4) is 0 Å². The molecule has 2 aromatic heterocycles. The van der Waals surface area contributed by atoms with Gasteiger partial charge in [0.2, 0.25) is 0 Å². The van der Waals surface area contributed by atoms with Crippen molar-refractivity contribution in [1.82, 2.24) is 9.88 Å². The number of nitrogens with zero attached hydrogens (tertiary/aromatic N) is 2. The van der Waals surface area contributed by atoms with Gasteiger partial charge in [0.1, 0.15) is 0 Å². The molecule has 0 radical (unpaired) electrons. The van der Waals surface area contributed by atoms with Crippen molar-refractivity contribution in [3.05, 3.63) is 50.7 Å². The second kappa shape index (κ2) is 8.78. The van der Waals surface area contributed by atoms with Crippen LogP contribution in [0.4, 0.5) is 4.39 Å². The van der Waals surface area contributed by atoms with E-state index in [9.17, 15) is 4.39 Å². The van der Waals surface area contributed by atoms with Crippen molar-refractivity contribution < 1.29 is 9.13 Å². The zero-order valence-corrected chi connectivity index (χ0v) is 18.8. The molecule has 0 spiro atoms. The zero-order valence-electron chi connectivity index (χ0n) is 17.2. The highest BCUT2D eigenvalue weighted by molar-refractivity contribution is 7.10. The normalized spacial score (nSPS) is 20.8. The van der Waals surface area contributed by atoms with E-state index in [1.165, 1.54) is 5.56 Å². The van der Waals surface area contributed by atoms with Gasteiger partial charge in [0.15, 0.2) is 5.13 Å². The van der Waals surface area contributed by atoms with E-state index < -0.39 is 0 Å². The Balaban J connectivity index is 1.74. The summed E-state index contributed by atoms with van der Waals surface area (Å²) in [6.07, 6.45) is 4.88. The standard InChI is InChI=1S/C22H30ClFN2OS/c1-5-27-15-22(9-8-18-12-19(23)20(24)28-18)10-11-26(14-22)21(3,4)17-7-6-16(2)25-13-17/h6-7,12-13H,5,8-11,14-15H2,1-4H3/t22-/m0/s1. The number of aryl methyl sites for hydroxylation is 2. The summed E-state index contributed by atoms with van der Waals surface area (Å²) in [5.41, 5.74) is 2.26. The number of thiophene rings is 1. The van der Waals surface area contributed by atoms with Crippen LogP contribution < -0.4 is 0 Å². The van der Waals surface area contributed by atoms with Gasteiger partial charge in [-0.3, -0.25) is 9.88 Å². The lowest BCUT2D eigenvalue weighted by Gasteiger charge is -2.38. The van der Waals surface area contributed by atoms with E-state index in [-0.39, 0.29) is 21.1 Å². The molecule has 1 atom stereocenters. The predicted octanol–water partition coefficient (Wildman–Crippen LogP) is 5.84. The quantitative estimate of drug-likeness (QED) is 0.532. The molecule has 0 amide bonds. The molecule has 0 N–H and O–H groups in total. The molecule has 3 nitrogen and oxygen atoms in total. The van der Waals surface area contributed by atoms with E-state index in [1.807, 2.05) is 20.0 Å². The van der Waals surface area contributed by atoms with E-state index in [2.05, 4.69) is 35.9 Å². The lowest BCUT2D eigenvalue weighted by atomic mass is 9.82. The molecule has 0 aromatic carbocycles. The van der Waals surface area contributed by atoms with E-state index in [0.717, 1.165) is 60.9 Å². The van der Waals surface area contributed by atoms with Crippen LogP contribution in [0.3, 0.4) is 0 Å². The number of hydrogen-bond donors (Lipinski definition) is 0. The van der Waals surface area contributed by atoms with Gasteiger partial charge < -0.3 is 4.74 Å². The van der Waals surface area contributed by atoms with Crippen LogP contribution in [0.1, 0.15) is 49.7 Å². The second-order valence-electron chi connectivity index (χ2n) is 8.39. The van der Waals surface area contributed by atoms with Crippen molar-refractivity contribution in [1.29, 1.82) is 0 Å². The second-order valence-corrected chi connectivity index (χ2v) is 9.88. The summed E-state index contributed by atoms with van der Waals surface area (Å²) in [6, 6.07) is 6.03. The summed E-state index contributed by atoms with van der Waals surface area (Å²) >= 11 is 7.07. The minimum absolute atomic E-state index is 0.0817. The number of pyridine rings is 1. The van der Waals surface area contributed by atoms with Gasteiger partial charge in [0.05, 0.1) is 11.6 Å². The first-order chi connectivity index (χ1) is 13.3. The minimum Gasteiger partial charge on any atom is -0.381 e. The Bertz CT molecular complexity index is 773. The van der Waals surface area contributed by atoms with Crippen LogP contribution in [0.25, 0.3) is 0 Å². The Morgan fingerprint density at radius 1 is 1.39 bits per heavy atom. The maximum atomic E-state index is 13.6. The van der Waals surface area contributed by atoms with Gasteiger partial charge in [-0.25, -0.2) is 0 Å². The smallest absolute Gasteiger partial charge is 0.195 e. The van der Waals surface area contributed by atoms with Gasteiger partial charge >= 0.3 is 0 Å². The molecule has 1 fully saturated rings. The highest BCUT2D eigenvalue weighted by Gasteiger charge is 2.43. The summed E-state index contributed by atoms with van der Waals surface area (Å²) in [7, 11) is 0. The number of rotatable bonds is 8. The predicted molar refractivity (Wildman–Crippen MR) is 115 cm³/mol. The molecule has 1 aliphatic rings. The number of likely N-dealkylation sites (tertiary alicyclic amines) is 1. The van der Waals surface area contributed by atoms with Crippen molar-refractivity contribution >= 4 is 22.9 Å². The Kier molecular flexibility index (Phi) is 6.80. The van der Waals surface area contributed by atoms with Crippen LogP contribution in [0.2, 0.25) is 5.02 Å². The number of halogens is 2. The largest absolute Gasteiger partial charge is 0.381 e. The van der Waals surface area contributed by atoms with E-state index in [1.54, 1.807) is 6.07 Å². The number of aromatic nitrogens is 1. The topological polar surface area (TPSA) is 25.4 Å². The number of hydrogen-bond acceptors (Lipinski definition) is 4. The molecule has 6 heteroatoms. The molecule has 3 rings (SSSR count). The molecule has 28 heavy (non-hydrogen) atoms.